The van der Waals surface area contributed by atoms with Crippen LogP contribution in [0.1, 0.15) is 47.0 Å². The van der Waals surface area contributed by atoms with Gasteiger partial charge in [-0.3, -0.25) is 0 Å². The molecule has 86 valence electrons. The Bertz CT molecular complexity index is 134. The van der Waals surface area contributed by atoms with Gasteiger partial charge >= 0.3 is 0 Å². The van der Waals surface area contributed by atoms with Crippen LogP contribution in [-0.2, 0) is 0 Å². The van der Waals surface area contributed by atoms with Crippen molar-refractivity contribution < 1.29 is 0 Å². The Morgan fingerprint density at radius 2 is 1.79 bits per heavy atom. The van der Waals surface area contributed by atoms with Gasteiger partial charge < -0.3 is 10.6 Å². The van der Waals surface area contributed by atoms with Crippen LogP contribution in [0.25, 0.3) is 0 Å². The van der Waals surface area contributed by atoms with E-state index in [4.69, 9.17) is 5.73 Å². The standard InChI is InChI=1S/C12H28N2/c1-6-7-11(4)14(5)9-12(13)8-10(2)3/h10-12H,6-9,13H2,1-5H3. The number of nitrogens with zero attached hydrogens (tertiary/aromatic N) is 1. The number of rotatable bonds is 7. The molecule has 0 aliphatic rings. The van der Waals surface area contributed by atoms with Gasteiger partial charge in [-0.15, -0.1) is 0 Å². The molecule has 0 saturated heterocycles. The molecule has 0 bridgehead atoms. The molecule has 2 atom stereocenters. The van der Waals surface area contributed by atoms with Gasteiger partial charge in [0.1, 0.15) is 0 Å². The van der Waals surface area contributed by atoms with E-state index in [1.54, 1.807) is 0 Å². The maximum absolute atomic E-state index is 6.07. The maximum Gasteiger partial charge on any atom is 0.0170 e. The van der Waals surface area contributed by atoms with E-state index in [1.807, 2.05) is 0 Å². The first-order chi connectivity index (χ1) is 6.47. The van der Waals surface area contributed by atoms with Crippen molar-refractivity contribution in [2.75, 3.05) is 13.6 Å². The molecular formula is C12H28N2. The summed E-state index contributed by atoms with van der Waals surface area (Å²) in [6, 6.07) is 0.998. The number of nitrogens with two attached hydrogens (primary N) is 1. The lowest BCUT2D eigenvalue weighted by atomic mass is 10.0. The summed E-state index contributed by atoms with van der Waals surface area (Å²) in [5.74, 6) is 0.708. The summed E-state index contributed by atoms with van der Waals surface area (Å²) in [6.45, 7) is 10.0. The molecule has 0 aromatic carbocycles. The Balaban J connectivity index is 3.74. The van der Waals surface area contributed by atoms with Gasteiger partial charge in [-0.25, -0.2) is 0 Å². The zero-order chi connectivity index (χ0) is 11.1. The molecule has 0 aromatic heterocycles. The normalized spacial score (nSPS) is 16.3. The van der Waals surface area contributed by atoms with Crippen LogP contribution in [0.2, 0.25) is 0 Å². The van der Waals surface area contributed by atoms with Crippen LogP contribution in [0.5, 0.6) is 0 Å². The van der Waals surface area contributed by atoms with Crippen LogP contribution in [0.3, 0.4) is 0 Å². The maximum atomic E-state index is 6.07. The van der Waals surface area contributed by atoms with E-state index in [0.29, 0.717) is 18.0 Å². The van der Waals surface area contributed by atoms with E-state index in [1.165, 1.54) is 12.8 Å². The van der Waals surface area contributed by atoms with Crippen LogP contribution in [0, 0.1) is 5.92 Å². The van der Waals surface area contributed by atoms with Crippen molar-refractivity contribution in [3.8, 4) is 0 Å². The average molecular weight is 200 g/mol. The second-order valence-corrected chi connectivity index (χ2v) is 4.97. The quantitative estimate of drug-likeness (QED) is 0.684. The van der Waals surface area contributed by atoms with Crippen LogP contribution in [-0.4, -0.2) is 30.6 Å². The van der Waals surface area contributed by atoms with Gasteiger partial charge in [0.2, 0.25) is 0 Å². The molecule has 0 saturated carbocycles. The SMILES string of the molecule is CCCC(C)N(C)CC(N)CC(C)C. The fourth-order valence-electron chi connectivity index (χ4n) is 1.87. The van der Waals surface area contributed by atoms with Crippen molar-refractivity contribution in [3.63, 3.8) is 0 Å². The summed E-state index contributed by atoms with van der Waals surface area (Å²) in [5, 5.41) is 0. The van der Waals surface area contributed by atoms with Crippen molar-refractivity contribution in [3.05, 3.63) is 0 Å². The van der Waals surface area contributed by atoms with Crippen LogP contribution >= 0.6 is 0 Å². The van der Waals surface area contributed by atoms with Gasteiger partial charge in [0.15, 0.2) is 0 Å². The lowest BCUT2D eigenvalue weighted by Crippen LogP contribution is -2.40. The first-order valence-electron chi connectivity index (χ1n) is 5.93. The minimum Gasteiger partial charge on any atom is -0.327 e. The highest BCUT2D eigenvalue weighted by atomic mass is 15.1. The summed E-state index contributed by atoms with van der Waals surface area (Å²) in [6.07, 6.45) is 3.65. The van der Waals surface area contributed by atoms with Crippen molar-refractivity contribution in [1.29, 1.82) is 0 Å². The third kappa shape index (κ3) is 6.39. The Hall–Kier alpha value is -0.0800. The molecule has 2 heteroatoms. The summed E-state index contributed by atoms with van der Waals surface area (Å²) >= 11 is 0. The second-order valence-electron chi connectivity index (χ2n) is 4.97. The molecule has 0 amide bonds. The van der Waals surface area contributed by atoms with E-state index in [0.717, 1.165) is 13.0 Å². The molecule has 2 unspecified atom stereocenters. The summed E-state index contributed by atoms with van der Waals surface area (Å²) in [4.78, 5) is 2.39. The van der Waals surface area contributed by atoms with Gasteiger partial charge in [-0.05, 0) is 32.7 Å². The van der Waals surface area contributed by atoms with E-state index in [9.17, 15) is 0 Å². The largest absolute Gasteiger partial charge is 0.327 e. The topological polar surface area (TPSA) is 29.3 Å². The monoisotopic (exact) mass is 200 g/mol. The molecule has 0 aliphatic heterocycles. The first kappa shape index (κ1) is 13.9. The molecule has 0 aliphatic carbocycles. The molecule has 0 heterocycles. The van der Waals surface area contributed by atoms with Gasteiger partial charge in [-0.2, -0.15) is 0 Å². The minimum atomic E-state index is 0.333. The van der Waals surface area contributed by atoms with Crippen LogP contribution in [0.4, 0.5) is 0 Å². The van der Waals surface area contributed by atoms with Gasteiger partial charge in [-0.1, -0.05) is 27.2 Å². The number of hydrogen-bond acceptors (Lipinski definition) is 2. The van der Waals surface area contributed by atoms with Crippen molar-refractivity contribution in [2.24, 2.45) is 11.7 Å². The van der Waals surface area contributed by atoms with Crippen molar-refractivity contribution >= 4 is 0 Å². The molecule has 2 nitrogen and oxygen atoms in total. The van der Waals surface area contributed by atoms with E-state index >= 15 is 0 Å². The third-order valence-electron chi connectivity index (χ3n) is 2.76. The van der Waals surface area contributed by atoms with Gasteiger partial charge in [0.25, 0.3) is 0 Å². The smallest absolute Gasteiger partial charge is 0.0170 e. The van der Waals surface area contributed by atoms with Gasteiger partial charge in [0, 0.05) is 18.6 Å². The van der Waals surface area contributed by atoms with Gasteiger partial charge in [0.05, 0.1) is 0 Å². The molecule has 0 rings (SSSR count). The second kappa shape index (κ2) is 7.24. The fraction of sp³-hybridized carbons (Fsp3) is 1.00. The highest BCUT2D eigenvalue weighted by Crippen LogP contribution is 2.08. The van der Waals surface area contributed by atoms with E-state index in [-0.39, 0.29) is 0 Å². The Kier molecular flexibility index (Phi) is 7.20. The Morgan fingerprint density at radius 1 is 1.21 bits per heavy atom. The Morgan fingerprint density at radius 3 is 2.21 bits per heavy atom. The lowest BCUT2D eigenvalue weighted by Gasteiger charge is -2.27. The molecule has 0 aromatic rings. The van der Waals surface area contributed by atoms with Crippen molar-refractivity contribution in [1.82, 2.24) is 4.90 Å². The third-order valence-corrected chi connectivity index (χ3v) is 2.76. The summed E-state index contributed by atoms with van der Waals surface area (Å²) < 4.78 is 0. The fourth-order valence-corrected chi connectivity index (χ4v) is 1.87. The molecule has 14 heavy (non-hydrogen) atoms. The molecule has 0 spiro atoms. The van der Waals surface area contributed by atoms with Crippen LogP contribution < -0.4 is 5.73 Å². The first-order valence-corrected chi connectivity index (χ1v) is 5.93. The zero-order valence-corrected chi connectivity index (χ0v) is 10.6. The van der Waals surface area contributed by atoms with Crippen LogP contribution in [0.15, 0.2) is 0 Å². The minimum absolute atomic E-state index is 0.333. The molecule has 2 N–H and O–H groups in total. The Labute approximate surface area is 89.9 Å². The summed E-state index contributed by atoms with van der Waals surface area (Å²) in [7, 11) is 2.18. The zero-order valence-electron chi connectivity index (χ0n) is 10.6. The average Bonchev–Trinajstić information content (AvgIpc) is 2.02. The van der Waals surface area contributed by atoms with E-state index in [2.05, 4.69) is 39.6 Å². The number of likely N-dealkylation sites (N-methyl/N-ethyl adjacent to an activating group) is 1. The molecule has 0 fully saturated rings. The molecule has 0 radical (unpaired) electrons. The lowest BCUT2D eigenvalue weighted by molar-refractivity contribution is 0.222. The molecular weight excluding hydrogens is 172 g/mol. The highest BCUT2D eigenvalue weighted by Gasteiger charge is 2.12. The van der Waals surface area contributed by atoms with E-state index < -0.39 is 0 Å². The summed E-state index contributed by atoms with van der Waals surface area (Å²) in [5.41, 5.74) is 6.07. The van der Waals surface area contributed by atoms with Crippen molar-refractivity contribution in [2.45, 2.75) is 59.0 Å². The number of hydrogen-bond donors (Lipinski definition) is 1. The highest BCUT2D eigenvalue weighted by molar-refractivity contribution is 4.71. The predicted octanol–water partition coefficient (Wildman–Crippen LogP) is 2.48. The predicted molar refractivity (Wildman–Crippen MR) is 64.4 cm³/mol.